The fraction of sp³-hybridized carbons (Fsp3) is 0.167. The first-order valence-corrected chi connectivity index (χ1v) is 8.65. The number of halogens is 2. The Kier molecular flexibility index (Phi) is 4.41. The van der Waals surface area contributed by atoms with Gasteiger partial charge in [0, 0.05) is 31.5 Å². The fourth-order valence-corrected chi connectivity index (χ4v) is 3.22. The van der Waals surface area contributed by atoms with Gasteiger partial charge < -0.3 is 14.8 Å². The summed E-state index contributed by atoms with van der Waals surface area (Å²) in [5, 5.41) is 7.26. The molecule has 1 aromatic carbocycles. The Morgan fingerprint density at radius 3 is 2.78 bits per heavy atom. The summed E-state index contributed by atoms with van der Waals surface area (Å²) >= 11 is 6.24. The lowest BCUT2D eigenvalue weighted by Gasteiger charge is -2.26. The molecule has 0 spiro atoms. The van der Waals surface area contributed by atoms with Crippen molar-refractivity contribution in [2.45, 2.75) is 0 Å². The number of piperazine rings is 1. The predicted molar refractivity (Wildman–Crippen MR) is 96.8 cm³/mol. The number of carbonyl (C=O) groups is 2. The highest BCUT2D eigenvalue weighted by atomic mass is 35.5. The number of benzene rings is 1. The number of nitrogens with one attached hydrogen (secondary N) is 1. The molecule has 1 aliphatic rings. The zero-order valence-corrected chi connectivity index (χ0v) is 14.9. The normalized spacial score (nSPS) is 14.3. The minimum absolute atomic E-state index is 0.0180. The second kappa shape index (κ2) is 6.88. The lowest BCUT2D eigenvalue weighted by molar-refractivity contribution is -0.123. The molecule has 0 atom stereocenters. The van der Waals surface area contributed by atoms with E-state index in [1.807, 2.05) is 0 Å². The molecule has 0 saturated carbocycles. The van der Waals surface area contributed by atoms with Crippen LogP contribution in [0.2, 0.25) is 5.02 Å². The highest BCUT2D eigenvalue weighted by Gasteiger charge is 2.28. The number of hydrogen-bond acceptors (Lipinski definition) is 3. The topological polar surface area (TPSA) is 72.2 Å². The maximum absolute atomic E-state index is 13.8. The molecule has 1 aliphatic heterocycles. The molecule has 2 amide bonds. The van der Waals surface area contributed by atoms with Crippen LogP contribution in [0.25, 0.3) is 11.5 Å². The third-order valence-corrected chi connectivity index (χ3v) is 4.60. The number of rotatable bonds is 3. The molecule has 0 unspecified atom stereocenters. The van der Waals surface area contributed by atoms with Crippen LogP contribution in [0.3, 0.4) is 0 Å². The highest BCUT2D eigenvalue weighted by Crippen LogP contribution is 2.26. The van der Waals surface area contributed by atoms with Gasteiger partial charge in [-0.25, -0.2) is 9.07 Å². The van der Waals surface area contributed by atoms with Crippen molar-refractivity contribution in [1.29, 1.82) is 0 Å². The van der Waals surface area contributed by atoms with Crippen molar-refractivity contribution in [2.24, 2.45) is 0 Å². The van der Waals surface area contributed by atoms with Gasteiger partial charge in [0.15, 0.2) is 5.82 Å². The van der Waals surface area contributed by atoms with E-state index < -0.39 is 5.82 Å². The van der Waals surface area contributed by atoms with Gasteiger partial charge in [-0.3, -0.25) is 9.59 Å². The minimum atomic E-state index is -0.469. The SMILES string of the molecule is O=C1CN(C(=O)c2cnn(-c3cc(F)ccc3Cl)c2-n2cccc2)CCN1. The van der Waals surface area contributed by atoms with Gasteiger partial charge in [0.25, 0.3) is 5.91 Å². The van der Waals surface area contributed by atoms with Crippen LogP contribution < -0.4 is 5.32 Å². The number of carbonyl (C=O) groups excluding carboxylic acids is 2. The Morgan fingerprint density at radius 1 is 1.26 bits per heavy atom. The van der Waals surface area contributed by atoms with E-state index in [1.54, 1.807) is 29.1 Å². The second-order valence-corrected chi connectivity index (χ2v) is 6.46. The molecule has 1 N–H and O–H groups in total. The molecule has 3 heterocycles. The highest BCUT2D eigenvalue weighted by molar-refractivity contribution is 6.32. The summed E-state index contributed by atoms with van der Waals surface area (Å²) in [7, 11) is 0. The summed E-state index contributed by atoms with van der Waals surface area (Å²) in [4.78, 5) is 26.1. The Bertz CT molecular complexity index is 1010. The first-order valence-electron chi connectivity index (χ1n) is 8.27. The van der Waals surface area contributed by atoms with Gasteiger partial charge in [-0.05, 0) is 24.3 Å². The van der Waals surface area contributed by atoms with E-state index >= 15 is 0 Å². The van der Waals surface area contributed by atoms with E-state index in [4.69, 9.17) is 11.6 Å². The van der Waals surface area contributed by atoms with Crippen LogP contribution >= 0.6 is 11.6 Å². The predicted octanol–water partition coefficient (Wildman–Crippen LogP) is 2.03. The van der Waals surface area contributed by atoms with Crippen LogP contribution in [0.4, 0.5) is 4.39 Å². The van der Waals surface area contributed by atoms with Crippen molar-refractivity contribution in [2.75, 3.05) is 19.6 Å². The largest absolute Gasteiger partial charge is 0.353 e. The average molecular weight is 388 g/mol. The number of aromatic nitrogens is 3. The van der Waals surface area contributed by atoms with E-state index in [1.165, 1.54) is 34.0 Å². The number of amides is 2. The third-order valence-electron chi connectivity index (χ3n) is 4.29. The molecule has 3 aromatic rings. The molecule has 27 heavy (non-hydrogen) atoms. The summed E-state index contributed by atoms with van der Waals surface area (Å²) in [5.74, 6) is -0.586. The molecular formula is C18H15ClFN5O2. The molecule has 138 valence electrons. The zero-order valence-electron chi connectivity index (χ0n) is 14.1. The van der Waals surface area contributed by atoms with Gasteiger partial charge in [-0.1, -0.05) is 11.6 Å². The molecular weight excluding hydrogens is 373 g/mol. The van der Waals surface area contributed by atoms with Gasteiger partial charge >= 0.3 is 0 Å². The molecule has 9 heteroatoms. The molecule has 0 radical (unpaired) electrons. The van der Waals surface area contributed by atoms with E-state index in [9.17, 15) is 14.0 Å². The Balaban J connectivity index is 1.84. The molecule has 0 bridgehead atoms. The van der Waals surface area contributed by atoms with Crippen LogP contribution in [0.15, 0.2) is 48.9 Å². The Hall–Kier alpha value is -3.13. The average Bonchev–Trinajstić information content (AvgIpc) is 3.32. The smallest absolute Gasteiger partial charge is 0.259 e. The summed E-state index contributed by atoms with van der Waals surface area (Å²) in [6, 6.07) is 7.54. The van der Waals surface area contributed by atoms with Gasteiger partial charge in [0.05, 0.1) is 23.5 Å². The van der Waals surface area contributed by atoms with Crippen molar-refractivity contribution < 1.29 is 14.0 Å². The lowest BCUT2D eigenvalue weighted by atomic mass is 10.2. The van der Waals surface area contributed by atoms with Gasteiger partial charge in [-0.2, -0.15) is 5.10 Å². The zero-order chi connectivity index (χ0) is 19.0. The van der Waals surface area contributed by atoms with E-state index in [-0.39, 0.29) is 18.4 Å². The van der Waals surface area contributed by atoms with Crippen LogP contribution in [-0.2, 0) is 4.79 Å². The van der Waals surface area contributed by atoms with Gasteiger partial charge in [0.2, 0.25) is 5.91 Å². The van der Waals surface area contributed by atoms with E-state index in [2.05, 4.69) is 10.4 Å². The maximum atomic E-state index is 13.8. The summed E-state index contributed by atoms with van der Waals surface area (Å²) in [5.41, 5.74) is 0.608. The molecule has 2 aromatic heterocycles. The quantitative estimate of drug-likeness (QED) is 0.747. The van der Waals surface area contributed by atoms with Crippen LogP contribution in [0, 0.1) is 5.82 Å². The second-order valence-electron chi connectivity index (χ2n) is 6.06. The summed E-state index contributed by atoms with van der Waals surface area (Å²) < 4.78 is 16.9. The Morgan fingerprint density at radius 2 is 2.04 bits per heavy atom. The van der Waals surface area contributed by atoms with E-state index in [0.717, 1.165) is 0 Å². The van der Waals surface area contributed by atoms with Crippen molar-refractivity contribution >= 4 is 23.4 Å². The van der Waals surface area contributed by atoms with Crippen LogP contribution in [0.1, 0.15) is 10.4 Å². The molecule has 7 nitrogen and oxygen atoms in total. The van der Waals surface area contributed by atoms with Gasteiger partial charge in [0.1, 0.15) is 11.4 Å². The summed E-state index contributed by atoms with van der Waals surface area (Å²) in [6.07, 6.45) is 4.91. The molecule has 4 rings (SSSR count). The number of hydrogen-bond donors (Lipinski definition) is 1. The van der Waals surface area contributed by atoms with Crippen molar-refractivity contribution in [1.82, 2.24) is 24.6 Å². The first-order chi connectivity index (χ1) is 13.0. The Labute approximate surface area is 158 Å². The molecule has 0 aliphatic carbocycles. The maximum Gasteiger partial charge on any atom is 0.259 e. The van der Waals surface area contributed by atoms with Crippen molar-refractivity contribution in [3.8, 4) is 11.5 Å². The fourth-order valence-electron chi connectivity index (χ4n) is 3.02. The minimum Gasteiger partial charge on any atom is -0.353 e. The first kappa shape index (κ1) is 17.3. The molecule has 1 saturated heterocycles. The van der Waals surface area contributed by atoms with Crippen LogP contribution in [-0.4, -0.2) is 50.7 Å². The number of nitrogens with zero attached hydrogens (tertiary/aromatic N) is 4. The van der Waals surface area contributed by atoms with Gasteiger partial charge in [-0.15, -0.1) is 0 Å². The lowest BCUT2D eigenvalue weighted by Crippen LogP contribution is -2.50. The van der Waals surface area contributed by atoms with Crippen molar-refractivity contribution in [3.05, 3.63) is 65.3 Å². The van der Waals surface area contributed by atoms with Crippen LogP contribution in [0.5, 0.6) is 0 Å². The standard InChI is InChI=1S/C18H15ClFN5O2/c19-14-4-3-12(20)9-15(14)25-17(23-6-1-2-7-23)13(10-22-25)18(27)24-8-5-21-16(26)11-24/h1-4,6-7,9-10H,5,8,11H2,(H,21,26). The summed E-state index contributed by atoms with van der Waals surface area (Å²) in [6.45, 7) is 0.782. The van der Waals surface area contributed by atoms with Crippen molar-refractivity contribution in [3.63, 3.8) is 0 Å². The molecule has 1 fully saturated rings. The third kappa shape index (κ3) is 3.19. The van der Waals surface area contributed by atoms with E-state index in [0.29, 0.717) is 35.2 Å². The monoisotopic (exact) mass is 387 g/mol.